The third kappa shape index (κ3) is 6.30. The molecule has 4 rings (SSSR count). The molecule has 6 nitrogen and oxygen atoms in total. The van der Waals surface area contributed by atoms with E-state index >= 15 is 0 Å². The fraction of sp³-hybridized carbons (Fsp3) is 0.333. The second kappa shape index (κ2) is 11.9. The Morgan fingerprint density at radius 3 is 2.41 bits per heavy atom. The zero-order valence-electron chi connectivity index (χ0n) is 19.9. The zero-order chi connectivity index (χ0) is 23.8. The Hall–Kier alpha value is -3.03. The Labute approximate surface area is 206 Å². The van der Waals surface area contributed by atoms with Gasteiger partial charge in [0, 0.05) is 63.8 Å². The molecule has 1 saturated heterocycles. The number of piperazine rings is 1. The van der Waals surface area contributed by atoms with Crippen molar-refractivity contribution in [1.29, 1.82) is 0 Å². The second-order valence-corrected chi connectivity index (χ2v) is 9.46. The number of nitrogens with zero attached hydrogens (tertiary/aromatic N) is 4. The van der Waals surface area contributed by atoms with E-state index in [2.05, 4.69) is 39.0 Å². The topological polar surface area (TPSA) is 48.9 Å². The summed E-state index contributed by atoms with van der Waals surface area (Å²) in [6, 6.07) is 22.3. The van der Waals surface area contributed by atoms with Gasteiger partial charge in [0.1, 0.15) is 11.6 Å². The van der Waals surface area contributed by atoms with Gasteiger partial charge in [0.05, 0.1) is 12.0 Å². The second-order valence-electron chi connectivity index (χ2n) is 8.38. The Bertz CT molecular complexity index is 1070. The van der Waals surface area contributed by atoms with Crippen LogP contribution in [-0.4, -0.2) is 67.6 Å². The summed E-state index contributed by atoms with van der Waals surface area (Å²) in [5.74, 6) is 2.06. The summed E-state index contributed by atoms with van der Waals surface area (Å²) < 4.78 is 5.50. The number of para-hydroxylation sites is 1. The summed E-state index contributed by atoms with van der Waals surface area (Å²) in [5.41, 5.74) is 1.14. The molecule has 0 radical (unpaired) electrons. The Morgan fingerprint density at radius 2 is 1.68 bits per heavy atom. The lowest BCUT2D eigenvalue weighted by atomic mass is 10.2. The van der Waals surface area contributed by atoms with Gasteiger partial charge in [0.2, 0.25) is 5.91 Å². The van der Waals surface area contributed by atoms with Gasteiger partial charge in [0.25, 0.3) is 0 Å². The predicted molar refractivity (Wildman–Crippen MR) is 138 cm³/mol. The van der Waals surface area contributed by atoms with E-state index in [0.29, 0.717) is 13.0 Å². The van der Waals surface area contributed by atoms with Crippen LogP contribution in [-0.2, 0) is 11.3 Å². The van der Waals surface area contributed by atoms with Gasteiger partial charge >= 0.3 is 0 Å². The average Bonchev–Trinajstić information content (AvgIpc) is 2.89. The summed E-state index contributed by atoms with van der Waals surface area (Å²) >= 11 is 1.67. The van der Waals surface area contributed by atoms with Crippen LogP contribution in [0.3, 0.4) is 0 Å². The molecule has 1 aromatic heterocycles. The molecule has 0 atom stereocenters. The van der Waals surface area contributed by atoms with E-state index < -0.39 is 0 Å². The molecule has 0 saturated carbocycles. The monoisotopic (exact) mass is 476 g/mol. The zero-order valence-corrected chi connectivity index (χ0v) is 20.7. The smallest absolute Gasteiger partial charge is 0.223 e. The van der Waals surface area contributed by atoms with Gasteiger partial charge in [0.15, 0.2) is 0 Å². The first-order valence-electron chi connectivity index (χ1n) is 11.6. The van der Waals surface area contributed by atoms with Gasteiger partial charge in [-0.3, -0.25) is 9.69 Å². The molecule has 2 aromatic carbocycles. The Kier molecular flexibility index (Phi) is 8.44. The minimum atomic E-state index is 0.171. The van der Waals surface area contributed by atoms with Crippen molar-refractivity contribution in [1.82, 2.24) is 14.8 Å². The molecule has 1 aliphatic heterocycles. The summed E-state index contributed by atoms with van der Waals surface area (Å²) in [5, 5.41) is 0. The van der Waals surface area contributed by atoms with Crippen molar-refractivity contribution in [3.63, 3.8) is 0 Å². The van der Waals surface area contributed by atoms with E-state index in [4.69, 9.17) is 4.74 Å². The first-order chi connectivity index (χ1) is 16.6. The molecule has 3 aromatic rings. The lowest BCUT2D eigenvalue weighted by Gasteiger charge is -2.35. The molecule has 1 amide bonds. The quantitative estimate of drug-likeness (QED) is 0.456. The summed E-state index contributed by atoms with van der Waals surface area (Å²) in [6.45, 7) is 5.16. The lowest BCUT2D eigenvalue weighted by Crippen LogP contribution is -2.47. The molecule has 0 bridgehead atoms. The number of ether oxygens (including phenoxy) is 1. The largest absolute Gasteiger partial charge is 0.496 e. The van der Waals surface area contributed by atoms with Crippen molar-refractivity contribution >= 4 is 23.5 Å². The fourth-order valence-electron chi connectivity index (χ4n) is 4.09. The van der Waals surface area contributed by atoms with Crippen LogP contribution in [0.5, 0.6) is 5.75 Å². The van der Waals surface area contributed by atoms with E-state index in [1.807, 2.05) is 60.6 Å². The van der Waals surface area contributed by atoms with Crippen molar-refractivity contribution in [3.05, 3.63) is 78.5 Å². The third-order valence-electron chi connectivity index (χ3n) is 6.08. The number of methoxy groups -OCH3 is 1. The highest BCUT2D eigenvalue weighted by Crippen LogP contribution is 2.36. The van der Waals surface area contributed by atoms with Gasteiger partial charge in [-0.15, -0.1) is 0 Å². The number of carbonyl (C=O) groups is 1. The van der Waals surface area contributed by atoms with Gasteiger partial charge < -0.3 is 14.5 Å². The number of hydrogen-bond acceptors (Lipinski definition) is 6. The molecule has 0 aliphatic carbocycles. The van der Waals surface area contributed by atoms with Crippen molar-refractivity contribution in [2.75, 3.05) is 51.8 Å². The number of hydrogen-bond donors (Lipinski definition) is 0. The van der Waals surface area contributed by atoms with Crippen LogP contribution in [0, 0.1) is 0 Å². The van der Waals surface area contributed by atoms with Crippen LogP contribution in [0.2, 0.25) is 0 Å². The summed E-state index contributed by atoms with van der Waals surface area (Å²) in [7, 11) is 3.59. The fourth-order valence-corrected chi connectivity index (χ4v) is 5.13. The van der Waals surface area contributed by atoms with Crippen LogP contribution >= 0.6 is 11.8 Å². The molecule has 1 aliphatic rings. The van der Waals surface area contributed by atoms with E-state index in [9.17, 15) is 4.79 Å². The maximum absolute atomic E-state index is 12.9. The molecule has 7 heteroatoms. The van der Waals surface area contributed by atoms with Crippen LogP contribution in [0.25, 0.3) is 0 Å². The number of pyridine rings is 1. The van der Waals surface area contributed by atoms with E-state index in [1.165, 1.54) is 0 Å². The van der Waals surface area contributed by atoms with Crippen molar-refractivity contribution in [3.8, 4) is 5.75 Å². The Balaban J connectivity index is 1.28. The maximum Gasteiger partial charge on any atom is 0.223 e. The maximum atomic E-state index is 12.9. The first kappa shape index (κ1) is 24.1. The molecule has 34 heavy (non-hydrogen) atoms. The third-order valence-corrected chi connectivity index (χ3v) is 7.26. The van der Waals surface area contributed by atoms with Gasteiger partial charge in [-0.1, -0.05) is 48.2 Å². The molecular formula is C27H32N4O2S. The number of benzene rings is 2. The van der Waals surface area contributed by atoms with E-state index in [1.54, 1.807) is 18.9 Å². The van der Waals surface area contributed by atoms with Crippen molar-refractivity contribution in [2.24, 2.45) is 0 Å². The van der Waals surface area contributed by atoms with Crippen molar-refractivity contribution in [2.45, 2.75) is 22.8 Å². The van der Waals surface area contributed by atoms with E-state index in [0.717, 1.165) is 59.6 Å². The van der Waals surface area contributed by atoms with E-state index in [-0.39, 0.29) is 5.91 Å². The minimum Gasteiger partial charge on any atom is -0.496 e. The van der Waals surface area contributed by atoms with Crippen LogP contribution < -0.4 is 9.64 Å². The highest BCUT2D eigenvalue weighted by atomic mass is 32.2. The normalized spacial score (nSPS) is 14.1. The van der Waals surface area contributed by atoms with Crippen LogP contribution in [0.1, 0.15) is 12.0 Å². The summed E-state index contributed by atoms with van der Waals surface area (Å²) in [4.78, 5) is 26.1. The first-order valence-corrected chi connectivity index (χ1v) is 12.5. The molecule has 0 spiro atoms. The minimum absolute atomic E-state index is 0.171. The average molecular weight is 477 g/mol. The molecule has 0 N–H and O–H groups in total. The van der Waals surface area contributed by atoms with Gasteiger partial charge in [-0.25, -0.2) is 4.98 Å². The SMILES string of the molecule is COc1ccccc1Sc1ccccc1CN(C)C(=O)CCN1CCN(c2ccccn2)CC1. The van der Waals surface area contributed by atoms with Crippen LogP contribution in [0.4, 0.5) is 5.82 Å². The number of rotatable bonds is 9. The highest BCUT2D eigenvalue weighted by molar-refractivity contribution is 7.99. The summed E-state index contributed by atoms with van der Waals surface area (Å²) in [6.07, 6.45) is 2.37. The van der Waals surface area contributed by atoms with Gasteiger partial charge in [-0.2, -0.15) is 0 Å². The molecule has 0 unspecified atom stereocenters. The van der Waals surface area contributed by atoms with Crippen molar-refractivity contribution < 1.29 is 9.53 Å². The predicted octanol–water partition coefficient (Wildman–Crippen LogP) is 4.41. The highest BCUT2D eigenvalue weighted by Gasteiger charge is 2.19. The van der Waals surface area contributed by atoms with Crippen LogP contribution in [0.15, 0.2) is 82.7 Å². The number of anilines is 1. The number of amides is 1. The number of aromatic nitrogens is 1. The molecule has 2 heterocycles. The molecule has 1 fully saturated rings. The van der Waals surface area contributed by atoms with Gasteiger partial charge in [-0.05, 0) is 35.9 Å². The lowest BCUT2D eigenvalue weighted by molar-refractivity contribution is -0.130. The Morgan fingerprint density at radius 1 is 0.971 bits per heavy atom. The number of carbonyl (C=O) groups excluding carboxylic acids is 1. The standard InChI is InChI=1S/C27H32N4O2S/c1-29(21-22-9-3-5-11-24(22)34-25-12-6-4-10-23(25)33-2)27(32)14-16-30-17-19-31(20-18-30)26-13-7-8-15-28-26/h3-13,15H,14,16-21H2,1-2H3. The molecular weight excluding hydrogens is 444 g/mol. The molecule has 178 valence electrons.